The lowest BCUT2D eigenvalue weighted by molar-refractivity contribution is 0.0602. The van der Waals surface area contributed by atoms with Crippen molar-refractivity contribution in [2.24, 2.45) is 5.92 Å². The molecule has 0 unspecified atom stereocenters. The molecule has 5 nitrogen and oxygen atoms in total. The van der Waals surface area contributed by atoms with Crippen molar-refractivity contribution in [3.05, 3.63) is 29.8 Å². The number of carbonyl (C=O) groups is 2. The molecule has 0 heterocycles. The van der Waals surface area contributed by atoms with E-state index in [1.807, 2.05) is 13.8 Å². The topological polar surface area (TPSA) is 67.4 Å². The minimum atomic E-state index is -0.477. The molecule has 0 aliphatic heterocycles. The van der Waals surface area contributed by atoms with E-state index in [9.17, 15) is 9.59 Å². The van der Waals surface area contributed by atoms with Crippen molar-refractivity contribution in [3.8, 4) is 0 Å². The highest BCUT2D eigenvalue weighted by molar-refractivity contribution is 6.00. The van der Waals surface area contributed by atoms with E-state index < -0.39 is 5.97 Å². The maximum atomic E-state index is 11.6. The molecule has 1 rings (SSSR count). The van der Waals surface area contributed by atoms with Crippen LogP contribution < -0.4 is 10.6 Å². The number of urea groups is 1. The van der Waals surface area contributed by atoms with Gasteiger partial charge in [0.25, 0.3) is 0 Å². The molecule has 5 heteroatoms. The predicted octanol–water partition coefficient (Wildman–Crippen LogP) is 2.25. The molecular formula is C13H18N2O3. The van der Waals surface area contributed by atoms with Crippen LogP contribution in [0.1, 0.15) is 24.2 Å². The first kappa shape index (κ1) is 14.0. The third-order valence-electron chi connectivity index (χ3n) is 2.25. The second kappa shape index (κ2) is 6.64. The standard InChI is InChI=1S/C13H18N2O3/c1-9(2)8-14-13(17)15-11-7-5-4-6-10(11)12(16)18-3/h4-7,9H,8H2,1-3H3,(H2,14,15,17). The van der Waals surface area contributed by atoms with Gasteiger partial charge < -0.3 is 15.4 Å². The Morgan fingerprint density at radius 1 is 1.28 bits per heavy atom. The third kappa shape index (κ3) is 4.08. The van der Waals surface area contributed by atoms with E-state index in [1.165, 1.54) is 7.11 Å². The van der Waals surface area contributed by atoms with Gasteiger partial charge in [0.05, 0.1) is 18.4 Å². The van der Waals surface area contributed by atoms with Crippen LogP contribution in [-0.2, 0) is 4.74 Å². The Hall–Kier alpha value is -2.04. The van der Waals surface area contributed by atoms with E-state index in [4.69, 9.17) is 0 Å². The zero-order valence-corrected chi connectivity index (χ0v) is 10.8. The van der Waals surface area contributed by atoms with Crippen LogP contribution >= 0.6 is 0 Å². The van der Waals surface area contributed by atoms with Crippen LogP contribution in [0.15, 0.2) is 24.3 Å². The number of hydrogen-bond acceptors (Lipinski definition) is 3. The van der Waals surface area contributed by atoms with Gasteiger partial charge in [-0.1, -0.05) is 26.0 Å². The quantitative estimate of drug-likeness (QED) is 0.805. The summed E-state index contributed by atoms with van der Waals surface area (Å²) in [4.78, 5) is 23.1. The van der Waals surface area contributed by atoms with Crippen molar-refractivity contribution in [1.29, 1.82) is 0 Å². The van der Waals surface area contributed by atoms with Crippen LogP contribution in [-0.4, -0.2) is 25.7 Å². The van der Waals surface area contributed by atoms with Crippen molar-refractivity contribution >= 4 is 17.7 Å². The normalized spacial score (nSPS) is 10.0. The summed E-state index contributed by atoms with van der Waals surface area (Å²) in [5.41, 5.74) is 0.769. The molecule has 0 saturated carbocycles. The first-order valence-corrected chi connectivity index (χ1v) is 5.76. The zero-order chi connectivity index (χ0) is 13.5. The van der Waals surface area contributed by atoms with Crippen LogP contribution in [0.4, 0.5) is 10.5 Å². The zero-order valence-electron chi connectivity index (χ0n) is 10.8. The average molecular weight is 250 g/mol. The minimum absolute atomic E-state index is 0.333. The van der Waals surface area contributed by atoms with Crippen molar-refractivity contribution in [3.63, 3.8) is 0 Å². The van der Waals surface area contributed by atoms with Gasteiger partial charge >= 0.3 is 12.0 Å². The Morgan fingerprint density at radius 2 is 1.94 bits per heavy atom. The van der Waals surface area contributed by atoms with Gasteiger partial charge in [-0.25, -0.2) is 9.59 Å². The largest absolute Gasteiger partial charge is 0.465 e. The first-order valence-electron chi connectivity index (χ1n) is 5.76. The molecule has 0 aromatic heterocycles. The smallest absolute Gasteiger partial charge is 0.339 e. The Labute approximate surface area is 107 Å². The summed E-state index contributed by atoms with van der Waals surface area (Å²) in [6.07, 6.45) is 0. The monoisotopic (exact) mass is 250 g/mol. The summed E-state index contributed by atoms with van der Waals surface area (Å²) < 4.78 is 4.65. The molecule has 0 aliphatic carbocycles. The SMILES string of the molecule is COC(=O)c1ccccc1NC(=O)NCC(C)C. The summed E-state index contributed by atoms with van der Waals surface area (Å²) in [5.74, 6) is -0.110. The Morgan fingerprint density at radius 3 is 2.56 bits per heavy atom. The van der Waals surface area contributed by atoms with Gasteiger partial charge in [-0.05, 0) is 18.1 Å². The molecule has 0 aliphatic rings. The maximum Gasteiger partial charge on any atom is 0.339 e. The molecule has 0 bridgehead atoms. The Bertz CT molecular complexity index is 430. The van der Waals surface area contributed by atoms with Gasteiger partial charge in [-0.3, -0.25) is 0 Å². The van der Waals surface area contributed by atoms with Crippen molar-refractivity contribution in [2.75, 3.05) is 19.0 Å². The Kier molecular flexibility index (Phi) is 5.17. The van der Waals surface area contributed by atoms with Crippen molar-refractivity contribution in [1.82, 2.24) is 5.32 Å². The fourth-order valence-corrected chi connectivity index (χ4v) is 1.34. The number of nitrogens with one attached hydrogen (secondary N) is 2. The highest BCUT2D eigenvalue weighted by atomic mass is 16.5. The van der Waals surface area contributed by atoms with Gasteiger partial charge in [0, 0.05) is 6.54 Å². The van der Waals surface area contributed by atoms with Gasteiger partial charge in [0.15, 0.2) is 0 Å². The number of benzene rings is 1. The number of hydrogen-bond donors (Lipinski definition) is 2. The number of methoxy groups -OCH3 is 1. The lowest BCUT2D eigenvalue weighted by Gasteiger charge is -2.11. The number of carbonyl (C=O) groups excluding carboxylic acids is 2. The highest BCUT2D eigenvalue weighted by Gasteiger charge is 2.12. The molecule has 0 spiro atoms. The highest BCUT2D eigenvalue weighted by Crippen LogP contribution is 2.15. The number of para-hydroxylation sites is 1. The molecule has 0 fully saturated rings. The van der Waals surface area contributed by atoms with Gasteiger partial charge in [0.1, 0.15) is 0 Å². The van der Waals surface area contributed by atoms with E-state index >= 15 is 0 Å². The van der Waals surface area contributed by atoms with E-state index in [-0.39, 0.29) is 6.03 Å². The van der Waals surface area contributed by atoms with Crippen LogP contribution in [0.2, 0.25) is 0 Å². The number of ether oxygens (including phenoxy) is 1. The van der Waals surface area contributed by atoms with E-state index in [0.717, 1.165) is 0 Å². The molecule has 0 radical (unpaired) electrons. The molecule has 2 N–H and O–H groups in total. The molecule has 0 saturated heterocycles. The fourth-order valence-electron chi connectivity index (χ4n) is 1.34. The summed E-state index contributed by atoms with van der Waals surface area (Å²) in [7, 11) is 1.30. The molecule has 98 valence electrons. The van der Waals surface area contributed by atoms with Crippen molar-refractivity contribution in [2.45, 2.75) is 13.8 Å². The Balaban J connectivity index is 2.72. The molecular weight excluding hydrogens is 232 g/mol. The van der Waals surface area contributed by atoms with E-state index in [0.29, 0.717) is 23.7 Å². The van der Waals surface area contributed by atoms with Crippen LogP contribution in [0.3, 0.4) is 0 Å². The molecule has 2 amide bonds. The lowest BCUT2D eigenvalue weighted by atomic mass is 10.2. The molecule has 18 heavy (non-hydrogen) atoms. The second-order valence-corrected chi connectivity index (χ2v) is 4.27. The summed E-state index contributed by atoms with van der Waals surface area (Å²) >= 11 is 0. The lowest BCUT2D eigenvalue weighted by Crippen LogP contribution is -2.32. The van der Waals surface area contributed by atoms with Gasteiger partial charge in [-0.15, -0.1) is 0 Å². The average Bonchev–Trinajstić information content (AvgIpc) is 2.36. The fraction of sp³-hybridized carbons (Fsp3) is 0.385. The summed E-state index contributed by atoms with van der Waals surface area (Å²) in [5, 5.41) is 5.34. The van der Waals surface area contributed by atoms with Gasteiger partial charge in [0.2, 0.25) is 0 Å². The second-order valence-electron chi connectivity index (χ2n) is 4.27. The molecule has 1 aromatic carbocycles. The third-order valence-corrected chi connectivity index (χ3v) is 2.25. The predicted molar refractivity (Wildman–Crippen MR) is 69.6 cm³/mol. The molecule has 1 aromatic rings. The first-order chi connectivity index (χ1) is 8.54. The minimum Gasteiger partial charge on any atom is -0.465 e. The number of amides is 2. The molecule has 0 atom stereocenters. The number of rotatable bonds is 4. The van der Waals surface area contributed by atoms with Crippen LogP contribution in [0, 0.1) is 5.92 Å². The van der Waals surface area contributed by atoms with Crippen molar-refractivity contribution < 1.29 is 14.3 Å². The number of anilines is 1. The van der Waals surface area contributed by atoms with E-state index in [1.54, 1.807) is 24.3 Å². The number of esters is 1. The summed E-state index contributed by atoms with van der Waals surface area (Å²) in [6.45, 7) is 4.58. The van der Waals surface area contributed by atoms with Crippen LogP contribution in [0.5, 0.6) is 0 Å². The summed E-state index contributed by atoms with van der Waals surface area (Å²) in [6, 6.07) is 6.37. The van der Waals surface area contributed by atoms with Crippen LogP contribution in [0.25, 0.3) is 0 Å². The maximum absolute atomic E-state index is 11.6. The van der Waals surface area contributed by atoms with E-state index in [2.05, 4.69) is 15.4 Å². The van der Waals surface area contributed by atoms with Gasteiger partial charge in [-0.2, -0.15) is 0 Å².